The second-order valence-electron chi connectivity index (χ2n) is 6.20. The third kappa shape index (κ3) is 4.24. The molecule has 0 radical (unpaired) electrons. The van der Waals surface area contributed by atoms with E-state index in [0.29, 0.717) is 11.6 Å². The molecule has 0 amide bonds. The number of carbonyl (C=O) groups is 1. The van der Waals surface area contributed by atoms with Crippen molar-refractivity contribution in [3.63, 3.8) is 0 Å². The lowest BCUT2D eigenvalue weighted by atomic mass is 10.1. The number of hydrogen-bond donors (Lipinski definition) is 1. The zero-order valence-corrected chi connectivity index (χ0v) is 14.8. The van der Waals surface area contributed by atoms with Gasteiger partial charge in [-0.1, -0.05) is 13.0 Å². The number of halogens is 1. The average Bonchev–Trinajstić information content (AvgIpc) is 2.67. The van der Waals surface area contributed by atoms with Gasteiger partial charge in [-0.3, -0.25) is 5.32 Å². The molecule has 26 heavy (non-hydrogen) atoms. The van der Waals surface area contributed by atoms with E-state index >= 15 is 0 Å². The summed E-state index contributed by atoms with van der Waals surface area (Å²) in [5.41, 5.74) is 2.85. The van der Waals surface area contributed by atoms with Crippen molar-refractivity contribution in [2.24, 2.45) is 0 Å². The number of benzene rings is 2. The molecule has 0 unspecified atom stereocenters. The van der Waals surface area contributed by atoms with Crippen LogP contribution >= 0.6 is 0 Å². The second kappa shape index (κ2) is 8.06. The van der Waals surface area contributed by atoms with E-state index in [4.69, 9.17) is 4.74 Å². The molecule has 2 aromatic carbocycles. The van der Waals surface area contributed by atoms with Gasteiger partial charge in [-0.15, -0.1) is 0 Å². The summed E-state index contributed by atoms with van der Waals surface area (Å²) in [5, 5.41) is 3.97. The van der Waals surface area contributed by atoms with Crippen molar-refractivity contribution in [1.29, 1.82) is 0 Å². The Morgan fingerprint density at radius 3 is 2.65 bits per heavy atom. The van der Waals surface area contributed by atoms with Crippen LogP contribution in [0.4, 0.5) is 4.39 Å². The van der Waals surface area contributed by atoms with Crippen LogP contribution in [-0.4, -0.2) is 23.7 Å². The fourth-order valence-corrected chi connectivity index (χ4v) is 2.51. The topological polar surface area (TPSA) is 51.2 Å². The highest BCUT2D eigenvalue weighted by molar-refractivity contribution is 5.94. The number of ether oxygens (including phenoxy) is 1. The Bertz CT molecular complexity index is 910. The van der Waals surface area contributed by atoms with E-state index in [-0.39, 0.29) is 18.5 Å². The Labute approximate surface area is 152 Å². The maximum atomic E-state index is 13.1. The van der Waals surface area contributed by atoms with Crippen LogP contribution in [0.25, 0.3) is 22.2 Å². The molecule has 1 aromatic heterocycles. The molecule has 0 fully saturated rings. The number of nitrogens with zero attached hydrogens (tertiary/aromatic N) is 1. The van der Waals surface area contributed by atoms with Crippen LogP contribution in [0.5, 0.6) is 0 Å². The normalized spacial score (nSPS) is 12.1. The van der Waals surface area contributed by atoms with Crippen LogP contribution in [0.15, 0.2) is 54.6 Å². The molecule has 0 aliphatic carbocycles. The summed E-state index contributed by atoms with van der Waals surface area (Å²) in [6.45, 7) is 4.29. The molecule has 0 aliphatic rings. The number of fused-ring (bicyclic) bond motifs is 1. The van der Waals surface area contributed by atoms with Gasteiger partial charge in [0.15, 0.2) is 0 Å². The zero-order chi connectivity index (χ0) is 18.5. The van der Waals surface area contributed by atoms with Crippen LogP contribution in [0, 0.1) is 5.82 Å². The van der Waals surface area contributed by atoms with E-state index in [1.807, 2.05) is 19.1 Å². The van der Waals surface area contributed by atoms with E-state index in [0.717, 1.165) is 28.6 Å². The predicted octanol–water partition coefficient (Wildman–Crippen LogP) is 4.54. The lowest BCUT2D eigenvalue weighted by Crippen LogP contribution is -2.29. The minimum absolute atomic E-state index is 0.188. The van der Waals surface area contributed by atoms with Gasteiger partial charge in [0, 0.05) is 17.0 Å². The SMILES string of the molecule is CC[C@H](C)NCOC(=O)c1ccc2nc(-c3ccc(F)cc3)ccc2c1. The third-order valence-corrected chi connectivity index (χ3v) is 4.31. The van der Waals surface area contributed by atoms with Crippen LogP contribution in [0.1, 0.15) is 30.6 Å². The quantitative estimate of drug-likeness (QED) is 0.523. The molecule has 134 valence electrons. The fourth-order valence-electron chi connectivity index (χ4n) is 2.51. The molecule has 0 aliphatic heterocycles. The highest BCUT2D eigenvalue weighted by Gasteiger charge is 2.10. The molecule has 0 bridgehead atoms. The minimum atomic E-state index is -0.370. The molecule has 1 N–H and O–H groups in total. The highest BCUT2D eigenvalue weighted by Crippen LogP contribution is 2.22. The summed E-state index contributed by atoms with van der Waals surface area (Å²) >= 11 is 0. The number of aromatic nitrogens is 1. The number of hydrogen-bond acceptors (Lipinski definition) is 4. The maximum Gasteiger partial charge on any atom is 0.339 e. The first-order valence-corrected chi connectivity index (χ1v) is 8.64. The van der Waals surface area contributed by atoms with E-state index < -0.39 is 0 Å². The van der Waals surface area contributed by atoms with Gasteiger partial charge in [0.2, 0.25) is 0 Å². The van der Waals surface area contributed by atoms with Gasteiger partial charge < -0.3 is 4.74 Å². The van der Waals surface area contributed by atoms with Crippen molar-refractivity contribution in [2.45, 2.75) is 26.3 Å². The van der Waals surface area contributed by atoms with E-state index in [1.165, 1.54) is 12.1 Å². The monoisotopic (exact) mass is 352 g/mol. The van der Waals surface area contributed by atoms with E-state index in [2.05, 4.69) is 17.2 Å². The first kappa shape index (κ1) is 18.0. The first-order valence-electron chi connectivity index (χ1n) is 8.64. The van der Waals surface area contributed by atoms with Crippen molar-refractivity contribution in [3.05, 3.63) is 66.0 Å². The van der Waals surface area contributed by atoms with Gasteiger partial charge in [0.25, 0.3) is 0 Å². The zero-order valence-electron chi connectivity index (χ0n) is 14.8. The third-order valence-electron chi connectivity index (χ3n) is 4.31. The van der Waals surface area contributed by atoms with E-state index in [9.17, 15) is 9.18 Å². The summed E-state index contributed by atoms with van der Waals surface area (Å²) in [5.74, 6) is -0.647. The van der Waals surface area contributed by atoms with Crippen LogP contribution in [-0.2, 0) is 4.74 Å². The molecular weight excluding hydrogens is 331 g/mol. The van der Waals surface area contributed by atoms with Crippen molar-refractivity contribution in [2.75, 3.05) is 6.73 Å². The van der Waals surface area contributed by atoms with Crippen molar-refractivity contribution < 1.29 is 13.9 Å². The molecule has 0 saturated carbocycles. The number of carbonyl (C=O) groups excluding carboxylic acids is 1. The average molecular weight is 352 g/mol. The van der Waals surface area contributed by atoms with Crippen molar-refractivity contribution in [1.82, 2.24) is 10.3 Å². The van der Waals surface area contributed by atoms with Gasteiger partial charge >= 0.3 is 5.97 Å². The lowest BCUT2D eigenvalue weighted by Gasteiger charge is -2.11. The van der Waals surface area contributed by atoms with Crippen LogP contribution in [0.3, 0.4) is 0 Å². The number of pyridine rings is 1. The smallest absolute Gasteiger partial charge is 0.339 e. The standard InChI is InChI=1S/C21H21FN2O2/c1-3-14(2)23-13-26-21(25)17-7-11-20-16(12-17)6-10-19(24-20)15-4-8-18(22)9-5-15/h4-12,14,23H,3,13H2,1-2H3/t14-/m0/s1. The number of esters is 1. The van der Waals surface area contributed by atoms with Gasteiger partial charge in [-0.05, 0) is 61.9 Å². The summed E-state index contributed by atoms with van der Waals surface area (Å²) in [7, 11) is 0. The Morgan fingerprint density at radius 1 is 1.15 bits per heavy atom. The summed E-state index contributed by atoms with van der Waals surface area (Å²) in [6.07, 6.45) is 0.968. The Kier molecular flexibility index (Phi) is 5.58. The minimum Gasteiger partial charge on any atom is -0.446 e. The molecule has 3 rings (SSSR count). The van der Waals surface area contributed by atoms with Gasteiger partial charge in [-0.2, -0.15) is 0 Å². The fraction of sp³-hybridized carbons (Fsp3) is 0.238. The van der Waals surface area contributed by atoms with Crippen molar-refractivity contribution >= 4 is 16.9 Å². The summed E-state index contributed by atoms with van der Waals surface area (Å²) < 4.78 is 18.3. The number of nitrogens with one attached hydrogen (secondary N) is 1. The van der Waals surface area contributed by atoms with Gasteiger partial charge in [-0.25, -0.2) is 14.2 Å². The molecular formula is C21H21FN2O2. The highest BCUT2D eigenvalue weighted by atomic mass is 19.1. The Balaban J connectivity index is 1.76. The largest absolute Gasteiger partial charge is 0.446 e. The molecule has 0 saturated heterocycles. The molecule has 1 atom stereocenters. The maximum absolute atomic E-state index is 13.1. The molecule has 3 aromatic rings. The molecule has 5 heteroatoms. The predicted molar refractivity (Wildman–Crippen MR) is 100 cm³/mol. The van der Waals surface area contributed by atoms with Crippen molar-refractivity contribution in [3.8, 4) is 11.3 Å². The Morgan fingerprint density at radius 2 is 1.92 bits per heavy atom. The van der Waals surface area contributed by atoms with Crippen LogP contribution < -0.4 is 5.32 Å². The molecule has 0 spiro atoms. The number of rotatable bonds is 6. The lowest BCUT2D eigenvalue weighted by molar-refractivity contribution is 0.0460. The molecule has 4 nitrogen and oxygen atoms in total. The molecule has 1 heterocycles. The summed E-state index contributed by atoms with van der Waals surface area (Å²) in [6, 6.07) is 15.5. The van der Waals surface area contributed by atoms with Gasteiger partial charge in [0.1, 0.15) is 12.5 Å². The Hall–Kier alpha value is -2.79. The second-order valence-corrected chi connectivity index (χ2v) is 6.20. The van der Waals surface area contributed by atoms with E-state index in [1.54, 1.807) is 30.3 Å². The van der Waals surface area contributed by atoms with Crippen LogP contribution in [0.2, 0.25) is 0 Å². The van der Waals surface area contributed by atoms with Gasteiger partial charge in [0.05, 0.1) is 16.8 Å². The first-order chi connectivity index (χ1) is 12.6. The summed E-state index contributed by atoms with van der Waals surface area (Å²) in [4.78, 5) is 16.7.